The van der Waals surface area contributed by atoms with Gasteiger partial charge in [-0.25, -0.2) is 13.1 Å². The maximum atomic E-state index is 12.4. The Kier molecular flexibility index (Phi) is 6.80. The first-order chi connectivity index (χ1) is 11.6. The van der Waals surface area contributed by atoms with Gasteiger partial charge in [0.1, 0.15) is 0 Å². The van der Waals surface area contributed by atoms with Crippen LogP contribution in [-0.2, 0) is 10.0 Å². The SMILES string of the molecule is CN=C(NCCNS(=O)(=O)c1cc(C)sc1C)N1CCSC(C)(C)C1. The molecule has 0 radical (unpaired) electrons. The molecular weight excluding hydrogens is 376 g/mol. The van der Waals surface area contributed by atoms with E-state index < -0.39 is 10.0 Å². The fourth-order valence-corrected chi connectivity index (χ4v) is 6.54. The van der Waals surface area contributed by atoms with Crippen LogP contribution in [-0.4, -0.2) is 63.0 Å². The second-order valence-corrected chi connectivity index (χ2v) is 11.7. The van der Waals surface area contributed by atoms with Crippen molar-refractivity contribution in [2.45, 2.75) is 37.3 Å². The van der Waals surface area contributed by atoms with E-state index in [-0.39, 0.29) is 4.75 Å². The smallest absolute Gasteiger partial charge is 0.241 e. The number of guanidine groups is 1. The molecule has 0 unspecified atom stereocenters. The minimum Gasteiger partial charge on any atom is -0.355 e. The van der Waals surface area contributed by atoms with Crippen molar-refractivity contribution in [2.75, 3.05) is 39.0 Å². The standard InChI is InChI=1S/C16H28N4O2S3/c1-12-10-14(13(2)24-12)25(21,22)19-7-6-18-15(17-5)20-8-9-23-16(3,4)11-20/h10,19H,6-9,11H2,1-5H3,(H,17,18). The van der Waals surface area contributed by atoms with Gasteiger partial charge in [0.2, 0.25) is 10.0 Å². The maximum Gasteiger partial charge on any atom is 0.241 e. The summed E-state index contributed by atoms with van der Waals surface area (Å²) in [6.45, 7) is 10.9. The molecule has 0 atom stereocenters. The first-order valence-electron chi connectivity index (χ1n) is 8.31. The van der Waals surface area contributed by atoms with Gasteiger partial charge in [-0.15, -0.1) is 11.3 Å². The zero-order valence-corrected chi connectivity index (χ0v) is 18.0. The third kappa shape index (κ3) is 5.60. The molecule has 2 rings (SSSR count). The molecule has 1 aliphatic heterocycles. The number of rotatable bonds is 5. The number of hydrogen-bond acceptors (Lipinski definition) is 5. The van der Waals surface area contributed by atoms with Crippen LogP contribution in [0.3, 0.4) is 0 Å². The molecule has 1 saturated heterocycles. The average molecular weight is 405 g/mol. The number of aliphatic imine (C=N–C) groups is 1. The lowest BCUT2D eigenvalue weighted by Crippen LogP contribution is -2.51. The normalized spacial score (nSPS) is 18.4. The zero-order chi connectivity index (χ0) is 18.7. The summed E-state index contributed by atoms with van der Waals surface area (Å²) in [4.78, 5) is 8.77. The van der Waals surface area contributed by atoms with E-state index in [9.17, 15) is 8.42 Å². The number of thiophene rings is 1. The van der Waals surface area contributed by atoms with Crippen molar-refractivity contribution >= 4 is 39.1 Å². The molecular formula is C16H28N4O2S3. The number of sulfonamides is 1. The van der Waals surface area contributed by atoms with E-state index in [1.165, 1.54) is 11.3 Å². The van der Waals surface area contributed by atoms with Crippen molar-refractivity contribution in [1.29, 1.82) is 0 Å². The van der Waals surface area contributed by atoms with Crippen LogP contribution in [0.15, 0.2) is 16.0 Å². The lowest BCUT2D eigenvalue weighted by atomic mass is 10.2. The summed E-state index contributed by atoms with van der Waals surface area (Å²) in [6, 6.07) is 1.72. The van der Waals surface area contributed by atoms with Gasteiger partial charge < -0.3 is 10.2 Å². The van der Waals surface area contributed by atoms with Crippen molar-refractivity contribution in [1.82, 2.24) is 14.9 Å². The Morgan fingerprint density at radius 1 is 1.36 bits per heavy atom. The number of thioether (sulfide) groups is 1. The van der Waals surface area contributed by atoms with Crippen molar-refractivity contribution < 1.29 is 8.42 Å². The monoisotopic (exact) mass is 404 g/mol. The highest BCUT2D eigenvalue weighted by molar-refractivity contribution is 8.00. The average Bonchev–Trinajstić information content (AvgIpc) is 2.86. The quantitative estimate of drug-likeness (QED) is 0.446. The lowest BCUT2D eigenvalue weighted by Gasteiger charge is -2.39. The van der Waals surface area contributed by atoms with Crippen molar-refractivity contribution in [3.8, 4) is 0 Å². The van der Waals surface area contributed by atoms with Crippen molar-refractivity contribution in [2.24, 2.45) is 4.99 Å². The summed E-state index contributed by atoms with van der Waals surface area (Å²) >= 11 is 3.47. The predicted molar refractivity (Wildman–Crippen MR) is 108 cm³/mol. The number of nitrogens with one attached hydrogen (secondary N) is 2. The van der Waals surface area contributed by atoms with Crippen LogP contribution in [0.25, 0.3) is 0 Å². The predicted octanol–water partition coefficient (Wildman–Crippen LogP) is 2.05. The van der Waals surface area contributed by atoms with E-state index in [2.05, 4.69) is 33.8 Å². The Bertz CT molecular complexity index is 726. The largest absolute Gasteiger partial charge is 0.355 e. The van der Waals surface area contributed by atoms with Gasteiger partial charge in [-0.1, -0.05) is 0 Å². The van der Waals surface area contributed by atoms with Crippen LogP contribution in [0.5, 0.6) is 0 Å². The topological polar surface area (TPSA) is 73.8 Å². The minimum atomic E-state index is -3.45. The maximum absolute atomic E-state index is 12.4. The Morgan fingerprint density at radius 3 is 2.64 bits per heavy atom. The first kappa shape index (κ1) is 20.5. The Balaban J connectivity index is 1.86. The highest BCUT2D eigenvalue weighted by Gasteiger charge is 2.28. The molecule has 1 aromatic heterocycles. The third-order valence-corrected chi connectivity index (χ3v) is 7.90. The van der Waals surface area contributed by atoms with Crippen LogP contribution in [0.2, 0.25) is 0 Å². The van der Waals surface area contributed by atoms with Gasteiger partial charge in [-0.2, -0.15) is 11.8 Å². The summed E-state index contributed by atoms with van der Waals surface area (Å²) in [6.07, 6.45) is 0. The van der Waals surface area contributed by atoms with Gasteiger partial charge in [0.05, 0.1) is 4.90 Å². The van der Waals surface area contributed by atoms with Crippen molar-refractivity contribution in [3.05, 3.63) is 15.8 Å². The molecule has 2 heterocycles. The highest BCUT2D eigenvalue weighted by atomic mass is 32.2. The molecule has 0 bridgehead atoms. The van der Waals surface area contributed by atoms with Gasteiger partial charge in [-0.05, 0) is 33.8 Å². The zero-order valence-electron chi connectivity index (χ0n) is 15.5. The molecule has 2 N–H and O–H groups in total. The third-order valence-electron chi connectivity index (χ3n) is 3.92. The molecule has 0 amide bonds. The molecule has 9 heteroatoms. The molecule has 142 valence electrons. The summed E-state index contributed by atoms with van der Waals surface area (Å²) < 4.78 is 27.7. The highest BCUT2D eigenvalue weighted by Crippen LogP contribution is 2.29. The van der Waals surface area contributed by atoms with Crippen LogP contribution in [0, 0.1) is 13.8 Å². The van der Waals surface area contributed by atoms with E-state index in [4.69, 9.17) is 0 Å². The van der Waals surface area contributed by atoms with Gasteiger partial charge in [0.25, 0.3) is 0 Å². The summed E-state index contributed by atoms with van der Waals surface area (Å²) in [7, 11) is -1.69. The van der Waals surface area contributed by atoms with E-state index >= 15 is 0 Å². The summed E-state index contributed by atoms with van der Waals surface area (Å²) in [5.74, 6) is 1.90. The van der Waals surface area contributed by atoms with Crippen LogP contribution >= 0.6 is 23.1 Å². The molecule has 0 saturated carbocycles. The molecule has 1 fully saturated rings. The Morgan fingerprint density at radius 2 is 2.08 bits per heavy atom. The molecule has 0 aromatic carbocycles. The fourth-order valence-electron chi connectivity index (χ4n) is 2.84. The molecule has 0 spiro atoms. The summed E-state index contributed by atoms with van der Waals surface area (Å²) in [5.41, 5.74) is 0. The second-order valence-electron chi connectivity index (χ2n) is 6.68. The van der Waals surface area contributed by atoms with E-state index in [1.54, 1.807) is 13.1 Å². The molecule has 25 heavy (non-hydrogen) atoms. The fraction of sp³-hybridized carbons (Fsp3) is 0.688. The van der Waals surface area contributed by atoms with Gasteiger partial charge in [0.15, 0.2) is 5.96 Å². The van der Waals surface area contributed by atoms with E-state index in [0.717, 1.165) is 34.6 Å². The summed E-state index contributed by atoms with van der Waals surface area (Å²) in [5, 5.41) is 3.26. The molecule has 1 aliphatic rings. The van der Waals surface area contributed by atoms with Crippen LogP contribution in [0.4, 0.5) is 0 Å². The number of hydrogen-bond donors (Lipinski definition) is 2. The number of aryl methyl sites for hydroxylation is 2. The van der Waals surface area contributed by atoms with Gasteiger partial charge >= 0.3 is 0 Å². The van der Waals surface area contributed by atoms with E-state index in [0.29, 0.717) is 18.0 Å². The number of nitrogens with zero attached hydrogens (tertiary/aromatic N) is 2. The Labute approximate surface area is 159 Å². The minimum absolute atomic E-state index is 0.200. The second kappa shape index (κ2) is 8.28. The molecule has 0 aliphatic carbocycles. The van der Waals surface area contributed by atoms with E-state index in [1.807, 2.05) is 25.6 Å². The first-order valence-corrected chi connectivity index (χ1v) is 11.6. The molecule has 1 aromatic rings. The van der Waals surface area contributed by atoms with Gasteiger partial charge in [-0.3, -0.25) is 4.99 Å². The van der Waals surface area contributed by atoms with Crippen molar-refractivity contribution in [3.63, 3.8) is 0 Å². The van der Waals surface area contributed by atoms with Gasteiger partial charge in [0, 0.05) is 53.5 Å². The van der Waals surface area contributed by atoms with Crippen LogP contribution < -0.4 is 10.0 Å². The lowest BCUT2D eigenvalue weighted by molar-refractivity contribution is 0.376. The molecule has 6 nitrogen and oxygen atoms in total. The van der Waals surface area contributed by atoms with Crippen LogP contribution in [0.1, 0.15) is 23.6 Å². The Hall–Kier alpha value is -0.770.